The van der Waals surface area contributed by atoms with Crippen molar-refractivity contribution < 1.29 is 30.0 Å². The Balaban J connectivity index is 0.000000396. The van der Waals surface area contributed by atoms with E-state index in [9.17, 15) is 4.79 Å². The van der Waals surface area contributed by atoms with Crippen LogP contribution < -0.4 is 0 Å². The molecule has 0 spiro atoms. The second-order valence-electron chi connectivity index (χ2n) is 4.25. The number of nitrogens with zero attached hydrogens (tertiary/aromatic N) is 1. The summed E-state index contributed by atoms with van der Waals surface area (Å²) in [6, 6.07) is 16.8. The monoisotopic (exact) mass is 449 g/mol. The van der Waals surface area contributed by atoms with E-state index in [1.807, 2.05) is 42.5 Å². The van der Waals surface area contributed by atoms with E-state index < -0.39 is 6.10 Å². The number of aliphatic hydroxyl groups excluding tert-OH is 1. The summed E-state index contributed by atoms with van der Waals surface area (Å²) >= 11 is 0. The smallest absolute Gasteiger partial charge is 0.132 e. The molecule has 0 bridgehead atoms. The van der Waals surface area contributed by atoms with Crippen LogP contribution in [0.25, 0.3) is 11.3 Å². The third-order valence-electron chi connectivity index (χ3n) is 2.23. The summed E-state index contributed by atoms with van der Waals surface area (Å²) in [6.07, 6.45) is 1.59. The van der Waals surface area contributed by atoms with Gasteiger partial charge >= 0.3 is 0 Å². The van der Waals surface area contributed by atoms with Crippen molar-refractivity contribution in [2.24, 2.45) is 0 Å². The Morgan fingerprint density at radius 1 is 1.30 bits per heavy atom. The van der Waals surface area contributed by atoms with Gasteiger partial charge in [-0.25, -0.2) is 0 Å². The van der Waals surface area contributed by atoms with E-state index in [0.717, 1.165) is 11.3 Å². The van der Waals surface area contributed by atoms with Crippen molar-refractivity contribution in [3.63, 3.8) is 0 Å². The van der Waals surface area contributed by atoms with Crippen LogP contribution in [0.5, 0.6) is 0 Å². The predicted octanol–water partition coefficient (Wildman–Crippen LogP) is 2.89. The number of carbonyl (C=O) groups excluding carboxylic acids is 1. The molecule has 1 aromatic carbocycles. The fraction of sp³-hybridized carbons (Fsp3) is 0.250. The Bertz CT molecular complexity index is 449. The zero-order valence-electron chi connectivity index (χ0n) is 11.5. The summed E-state index contributed by atoms with van der Waals surface area (Å²) in [7, 11) is 0. The number of ketones is 1. The first-order valence-corrected chi connectivity index (χ1v) is 6.15. The first-order valence-electron chi connectivity index (χ1n) is 6.15. The van der Waals surface area contributed by atoms with Crippen molar-refractivity contribution in [3.8, 4) is 11.3 Å². The Kier molecular flexibility index (Phi) is 9.73. The van der Waals surface area contributed by atoms with Crippen LogP contribution >= 0.6 is 0 Å². The first kappa shape index (κ1) is 18.6. The molecule has 2 rings (SSSR count). The van der Waals surface area contributed by atoms with Gasteiger partial charge < -0.3 is 10.1 Å². The van der Waals surface area contributed by atoms with Gasteiger partial charge in [-0.2, -0.15) is 0 Å². The van der Waals surface area contributed by atoms with E-state index in [2.05, 4.69) is 11.1 Å². The second-order valence-corrected chi connectivity index (χ2v) is 4.25. The molecule has 20 heavy (non-hydrogen) atoms. The van der Waals surface area contributed by atoms with Gasteiger partial charge in [-0.05, 0) is 25.6 Å². The molecule has 1 atom stereocenters. The molecule has 4 heteroatoms. The van der Waals surface area contributed by atoms with Crippen LogP contribution in [0, 0.1) is 6.07 Å². The van der Waals surface area contributed by atoms with Crippen LogP contribution in [0.15, 0.2) is 48.7 Å². The Labute approximate surface area is 133 Å². The zero-order valence-corrected chi connectivity index (χ0v) is 13.9. The summed E-state index contributed by atoms with van der Waals surface area (Å²) in [6.45, 7) is 3.06. The van der Waals surface area contributed by atoms with Crippen LogP contribution in [0.4, 0.5) is 0 Å². The average molecular weight is 449 g/mol. The van der Waals surface area contributed by atoms with E-state index in [0.29, 0.717) is 0 Å². The molecule has 1 radical (unpaired) electrons. The number of hydrogen-bond donors (Lipinski definition) is 1. The van der Waals surface area contributed by atoms with Crippen molar-refractivity contribution in [1.29, 1.82) is 0 Å². The van der Waals surface area contributed by atoms with Crippen molar-refractivity contribution in [2.75, 3.05) is 0 Å². The molecule has 0 aliphatic rings. The van der Waals surface area contributed by atoms with E-state index in [4.69, 9.17) is 5.11 Å². The third kappa shape index (κ3) is 7.95. The Morgan fingerprint density at radius 2 is 2.00 bits per heavy atom. The number of rotatable bonds is 3. The van der Waals surface area contributed by atoms with Crippen molar-refractivity contribution in [3.05, 3.63) is 54.7 Å². The minimum Gasteiger partial charge on any atom is -0.393 e. The van der Waals surface area contributed by atoms with Gasteiger partial charge in [0.1, 0.15) is 5.78 Å². The summed E-state index contributed by atoms with van der Waals surface area (Å²) in [4.78, 5) is 14.3. The molecule has 1 aromatic heterocycles. The molecule has 109 valence electrons. The number of benzene rings is 1. The number of pyridine rings is 1. The van der Waals surface area contributed by atoms with E-state index in [-0.39, 0.29) is 32.3 Å². The average Bonchev–Trinajstić information content (AvgIpc) is 2.40. The van der Waals surface area contributed by atoms with Gasteiger partial charge in [-0.1, -0.05) is 12.1 Å². The maximum absolute atomic E-state index is 10.1. The number of Topliss-reactive ketones (excluding diaryl/α,β-unsaturated/α-hetero) is 1. The molecule has 2 aromatic rings. The quantitative estimate of drug-likeness (QED) is 0.735. The molecule has 1 heterocycles. The van der Waals surface area contributed by atoms with Gasteiger partial charge in [0.2, 0.25) is 0 Å². The molecule has 1 unspecified atom stereocenters. The van der Waals surface area contributed by atoms with Crippen molar-refractivity contribution >= 4 is 5.78 Å². The molecular weight excluding hydrogens is 430 g/mol. The molecule has 0 aliphatic heterocycles. The standard InChI is InChI=1S/C11H8N.C5H10O2.Ir/c1-2-6-10(7-3-1)11-8-4-5-9-12-11;1-4(6)3-5(2)7;/h1-6,8-9H;4,6H,3H2,1-2H3;/q-1;;. The summed E-state index contributed by atoms with van der Waals surface area (Å²) in [5.41, 5.74) is 2.01. The van der Waals surface area contributed by atoms with Gasteiger partial charge in [0.25, 0.3) is 0 Å². The summed E-state index contributed by atoms with van der Waals surface area (Å²) < 4.78 is 0. The molecule has 0 amide bonds. The molecular formula is C16H18IrNO2-. The van der Waals surface area contributed by atoms with Crippen LogP contribution in [0.2, 0.25) is 0 Å². The Morgan fingerprint density at radius 3 is 2.40 bits per heavy atom. The molecule has 3 nitrogen and oxygen atoms in total. The number of aromatic nitrogens is 1. The SMILES string of the molecule is CC(=O)CC(C)O.[Ir].[c-]1ccccc1-c1ccccn1. The van der Waals surface area contributed by atoms with Crippen molar-refractivity contribution in [2.45, 2.75) is 26.4 Å². The maximum atomic E-state index is 10.1. The van der Waals surface area contributed by atoms with E-state index >= 15 is 0 Å². The van der Waals surface area contributed by atoms with Crippen LogP contribution in [-0.4, -0.2) is 22.0 Å². The summed E-state index contributed by atoms with van der Waals surface area (Å²) in [5.74, 6) is 0.0370. The largest absolute Gasteiger partial charge is 0.393 e. The number of carbonyl (C=O) groups is 1. The zero-order chi connectivity index (χ0) is 14.1. The fourth-order valence-corrected chi connectivity index (χ4v) is 1.49. The topological polar surface area (TPSA) is 50.2 Å². The molecule has 0 aliphatic carbocycles. The summed E-state index contributed by atoms with van der Waals surface area (Å²) in [5, 5.41) is 8.50. The van der Waals surface area contributed by atoms with E-state index in [1.165, 1.54) is 6.92 Å². The number of hydrogen-bond acceptors (Lipinski definition) is 3. The molecule has 0 saturated heterocycles. The van der Waals surface area contributed by atoms with E-state index in [1.54, 1.807) is 13.1 Å². The minimum atomic E-state index is -0.475. The van der Waals surface area contributed by atoms with Gasteiger partial charge in [0.15, 0.2) is 0 Å². The Hall–Kier alpha value is -1.35. The fourth-order valence-electron chi connectivity index (χ4n) is 1.49. The normalized spacial score (nSPS) is 10.6. The van der Waals surface area contributed by atoms with Gasteiger partial charge in [0.05, 0.1) is 6.10 Å². The molecule has 0 saturated carbocycles. The third-order valence-corrected chi connectivity index (χ3v) is 2.23. The van der Waals surface area contributed by atoms with Gasteiger partial charge in [-0.3, -0.25) is 4.79 Å². The number of aliphatic hydroxyl groups is 1. The van der Waals surface area contributed by atoms with Gasteiger partial charge in [-0.15, -0.1) is 35.9 Å². The predicted molar refractivity (Wildman–Crippen MR) is 75.5 cm³/mol. The molecule has 0 fully saturated rings. The minimum absolute atomic E-state index is 0. The van der Waals surface area contributed by atoms with Crippen molar-refractivity contribution in [1.82, 2.24) is 4.98 Å². The second kappa shape index (κ2) is 10.4. The van der Waals surface area contributed by atoms with Crippen LogP contribution in [-0.2, 0) is 24.9 Å². The van der Waals surface area contributed by atoms with Crippen LogP contribution in [0.1, 0.15) is 20.3 Å². The van der Waals surface area contributed by atoms with Gasteiger partial charge in [0, 0.05) is 32.7 Å². The molecule has 1 N–H and O–H groups in total. The maximum Gasteiger partial charge on any atom is 0.132 e. The van der Waals surface area contributed by atoms with Crippen LogP contribution in [0.3, 0.4) is 0 Å². The first-order chi connectivity index (χ1) is 9.09.